The van der Waals surface area contributed by atoms with Crippen molar-refractivity contribution >= 4 is 0 Å². The van der Waals surface area contributed by atoms with E-state index < -0.39 is 0 Å². The molecule has 30 heavy (non-hydrogen) atoms. The van der Waals surface area contributed by atoms with Gasteiger partial charge in [-0.25, -0.2) is 9.67 Å². The van der Waals surface area contributed by atoms with Crippen LogP contribution in [0.2, 0.25) is 0 Å². The fraction of sp³-hybridized carbons (Fsp3) is 0.455. The Labute approximate surface area is 175 Å². The van der Waals surface area contributed by atoms with Crippen molar-refractivity contribution in [1.82, 2.24) is 29.9 Å². The number of hydrogen-bond donors (Lipinski definition) is 0. The average Bonchev–Trinajstić information content (AvgIpc) is 3.43. The molecule has 8 heteroatoms. The lowest BCUT2D eigenvalue weighted by Crippen LogP contribution is -2.39. The van der Waals surface area contributed by atoms with Crippen molar-refractivity contribution in [1.29, 1.82) is 0 Å². The molecule has 0 bridgehead atoms. The van der Waals surface area contributed by atoms with Crippen LogP contribution in [-0.4, -0.2) is 55.7 Å². The molecule has 5 heterocycles. The second-order valence-electron chi connectivity index (χ2n) is 8.01. The van der Waals surface area contributed by atoms with Gasteiger partial charge in [0.1, 0.15) is 12.3 Å². The molecule has 1 saturated heterocycles. The minimum Gasteiger partial charge on any atom is -0.471 e. The second-order valence-corrected chi connectivity index (χ2v) is 8.01. The van der Waals surface area contributed by atoms with Crippen LogP contribution in [0.15, 0.2) is 30.6 Å². The van der Waals surface area contributed by atoms with Crippen LogP contribution in [0.5, 0.6) is 5.88 Å². The molecule has 0 spiro atoms. The van der Waals surface area contributed by atoms with Crippen LogP contribution >= 0.6 is 0 Å². The zero-order valence-electron chi connectivity index (χ0n) is 17.4. The quantitative estimate of drug-likeness (QED) is 0.644. The van der Waals surface area contributed by atoms with E-state index in [9.17, 15) is 0 Å². The Morgan fingerprint density at radius 1 is 1.17 bits per heavy atom. The smallest absolute Gasteiger partial charge is 0.213 e. The van der Waals surface area contributed by atoms with Crippen molar-refractivity contribution in [2.75, 3.05) is 19.8 Å². The van der Waals surface area contributed by atoms with E-state index in [4.69, 9.17) is 9.47 Å². The zero-order valence-corrected chi connectivity index (χ0v) is 17.4. The largest absolute Gasteiger partial charge is 0.471 e. The van der Waals surface area contributed by atoms with Crippen molar-refractivity contribution < 1.29 is 9.47 Å². The molecule has 2 aliphatic rings. The first kappa shape index (κ1) is 19.1. The Bertz CT molecular complexity index is 1030. The SMILES string of the molecule is Cc1ccc(-n2nnc(C)c2COc2cc3c(cn2)CN([C@@H]2CCOC2)CC3)cn1. The molecule has 1 fully saturated rings. The summed E-state index contributed by atoms with van der Waals surface area (Å²) in [5, 5.41) is 8.47. The fourth-order valence-electron chi connectivity index (χ4n) is 4.12. The lowest BCUT2D eigenvalue weighted by Gasteiger charge is -2.32. The third kappa shape index (κ3) is 3.80. The van der Waals surface area contributed by atoms with Crippen molar-refractivity contribution in [3.8, 4) is 11.6 Å². The summed E-state index contributed by atoms with van der Waals surface area (Å²) >= 11 is 0. The van der Waals surface area contributed by atoms with E-state index in [2.05, 4.69) is 31.2 Å². The summed E-state index contributed by atoms with van der Waals surface area (Å²) in [5.41, 5.74) is 6.17. The molecule has 0 saturated carbocycles. The van der Waals surface area contributed by atoms with E-state index >= 15 is 0 Å². The van der Waals surface area contributed by atoms with Gasteiger partial charge >= 0.3 is 0 Å². The van der Waals surface area contributed by atoms with Gasteiger partial charge in [0, 0.05) is 43.7 Å². The summed E-state index contributed by atoms with van der Waals surface area (Å²) < 4.78 is 13.4. The highest BCUT2D eigenvalue weighted by molar-refractivity contribution is 5.33. The Kier molecular flexibility index (Phi) is 5.18. The molecule has 0 aromatic carbocycles. The van der Waals surface area contributed by atoms with E-state index in [0.29, 0.717) is 18.5 Å². The monoisotopic (exact) mass is 406 g/mol. The molecular weight excluding hydrogens is 380 g/mol. The van der Waals surface area contributed by atoms with Gasteiger partial charge in [-0.2, -0.15) is 0 Å². The number of ether oxygens (including phenoxy) is 2. The zero-order chi connectivity index (χ0) is 20.5. The van der Waals surface area contributed by atoms with Gasteiger partial charge in [-0.15, -0.1) is 5.10 Å². The number of fused-ring (bicyclic) bond motifs is 1. The lowest BCUT2D eigenvalue weighted by molar-refractivity contribution is 0.134. The Morgan fingerprint density at radius 3 is 2.90 bits per heavy atom. The number of nitrogens with zero attached hydrogens (tertiary/aromatic N) is 6. The van der Waals surface area contributed by atoms with E-state index in [1.807, 2.05) is 32.2 Å². The minimum absolute atomic E-state index is 0.351. The third-order valence-electron chi connectivity index (χ3n) is 5.98. The van der Waals surface area contributed by atoms with Gasteiger partial charge in [0.2, 0.25) is 5.88 Å². The summed E-state index contributed by atoms with van der Waals surface area (Å²) in [4.78, 5) is 11.4. The Balaban J connectivity index is 1.29. The van der Waals surface area contributed by atoms with Gasteiger partial charge in [-0.3, -0.25) is 9.88 Å². The van der Waals surface area contributed by atoms with E-state index in [1.165, 1.54) is 11.1 Å². The topological polar surface area (TPSA) is 78.2 Å². The second kappa shape index (κ2) is 8.12. The minimum atomic E-state index is 0.351. The highest BCUT2D eigenvalue weighted by atomic mass is 16.5. The van der Waals surface area contributed by atoms with E-state index in [0.717, 1.165) is 61.9 Å². The van der Waals surface area contributed by atoms with Crippen molar-refractivity contribution in [2.24, 2.45) is 0 Å². The summed E-state index contributed by atoms with van der Waals surface area (Å²) in [6.07, 6.45) is 5.89. The van der Waals surface area contributed by atoms with Gasteiger partial charge in [0.15, 0.2) is 0 Å². The predicted molar refractivity (Wildman–Crippen MR) is 111 cm³/mol. The summed E-state index contributed by atoms with van der Waals surface area (Å²) in [5.74, 6) is 0.639. The highest BCUT2D eigenvalue weighted by Gasteiger charge is 2.27. The van der Waals surface area contributed by atoms with Gasteiger partial charge in [-0.05, 0) is 49.9 Å². The molecule has 3 aromatic rings. The van der Waals surface area contributed by atoms with Gasteiger partial charge < -0.3 is 9.47 Å². The number of aromatic nitrogens is 5. The summed E-state index contributed by atoms with van der Waals surface area (Å²) in [7, 11) is 0. The summed E-state index contributed by atoms with van der Waals surface area (Å²) in [6.45, 7) is 7.97. The van der Waals surface area contributed by atoms with Gasteiger partial charge in [-0.1, -0.05) is 5.21 Å². The Hall–Kier alpha value is -2.84. The number of aryl methyl sites for hydroxylation is 2. The van der Waals surface area contributed by atoms with E-state index in [-0.39, 0.29) is 0 Å². The fourth-order valence-corrected chi connectivity index (χ4v) is 4.12. The van der Waals surface area contributed by atoms with Crippen LogP contribution in [0.1, 0.15) is 34.6 Å². The number of pyridine rings is 2. The molecule has 1 atom stereocenters. The first-order chi connectivity index (χ1) is 14.7. The standard InChI is InChI=1S/C22H26N6O2/c1-15-3-4-19(11-23-15)28-21(16(2)25-26-28)14-30-22-9-17-5-7-27(12-18(17)10-24-22)20-6-8-29-13-20/h3-4,9-11,20H,5-8,12-14H2,1-2H3/t20-/m1/s1. The molecule has 5 rings (SSSR count). The molecule has 0 radical (unpaired) electrons. The summed E-state index contributed by atoms with van der Waals surface area (Å²) in [6, 6.07) is 6.57. The highest BCUT2D eigenvalue weighted by Crippen LogP contribution is 2.26. The maximum Gasteiger partial charge on any atom is 0.213 e. The molecular formula is C22H26N6O2. The van der Waals surface area contributed by atoms with E-state index in [1.54, 1.807) is 10.9 Å². The van der Waals surface area contributed by atoms with Crippen molar-refractivity contribution in [3.05, 3.63) is 58.8 Å². The molecule has 0 N–H and O–H groups in total. The molecule has 0 amide bonds. The van der Waals surface area contributed by atoms with Crippen LogP contribution in [-0.2, 0) is 24.3 Å². The third-order valence-corrected chi connectivity index (χ3v) is 5.98. The average molecular weight is 406 g/mol. The molecule has 0 unspecified atom stereocenters. The number of hydrogen-bond acceptors (Lipinski definition) is 7. The lowest BCUT2D eigenvalue weighted by atomic mass is 10.0. The molecule has 156 valence electrons. The van der Waals surface area contributed by atoms with Crippen LogP contribution < -0.4 is 4.74 Å². The van der Waals surface area contributed by atoms with Gasteiger partial charge in [0.25, 0.3) is 0 Å². The van der Waals surface area contributed by atoms with Crippen LogP contribution in [0, 0.1) is 13.8 Å². The van der Waals surface area contributed by atoms with Gasteiger partial charge in [0.05, 0.1) is 24.2 Å². The van der Waals surface area contributed by atoms with Crippen molar-refractivity contribution in [2.45, 2.75) is 45.9 Å². The van der Waals surface area contributed by atoms with Crippen molar-refractivity contribution in [3.63, 3.8) is 0 Å². The molecule has 3 aromatic heterocycles. The van der Waals surface area contributed by atoms with Crippen LogP contribution in [0.3, 0.4) is 0 Å². The van der Waals surface area contributed by atoms with Crippen LogP contribution in [0.4, 0.5) is 0 Å². The molecule has 2 aliphatic heterocycles. The first-order valence-electron chi connectivity index (χ1n) is 10.4. The first-order valence-corrected chi connectivity index (χ1v) is 10.4. The number of rotatable bonds is 5. The van der Waals surface area contributed by atoms with Crippen LogP contribution in [0.25, 0.3) is 5.69 Å². The Morgan fingerprint density at radius 2 is 2.10 bits per heavy atom. The molecule has 8 nitrogen and oxygen atoms in total. The molecule has 0 aliphatic carbocycles. The normalized spacial score (nSPS) is 19.1. The maximum atomic E-state index is 6.04. The predicted octanol–water partition coefficient (Wildman–Crippen LogP) is 2.40. The maximum absolute atomic E-state index is 6.04.